The second-order valence-corrected chi connectivity index (χ2v) is 1.15. The molecule has 0 unspecified atom stereocenters. The van der Waals surface area contributed by atoms with Gasteiger partial charge in [0, 0.05) is 0 Å². The van der Waals surface area contributed by atoms with Gasteiger partial charge in [-0.25, -0.2) is 0 Å². The molecule has 6 heavy (non-hydrogen) atoms. The predicted octanol–water partition coefficient (Wildman–Crippen LogP) is 0.504. The maximum Gasteiger partial charge on any atom is 0.189 e. The predicted molar refractivity (Wildman–Crippen MR) is 21.0 cm³/mol. The lowest BCUT2D eigenvalue weighted by Gasteiger charge is -1.84. The van der Waals surface area contributed by atoms with Crippen LogP contribution in [0.3, 0.4) is 0 Å². The van der Waals surface area contributed by atoms with Crippen molar-refractivity contribution in [2.75, 3.05) is 13.4 Å². The van der Waals surface area contributed by atoms with Crippen LogP contribution in [-0.2, 0) is 9.47 Å². The monoisotopic (exact) mass is 86.0 g/mol. The maximum absolute atomic E-state index is 4.74. The van der Waals surface area contributed by atoms with Gasteiger partial charge in [0.1, 0.15) is 12.4 Å². The highest BCUT2D eigenvalue weighted by Gasteiger charge is 2.01. The van der Waals surface area contributed by atoms with Gasteiger partial charge in [-0.2, -0.15) is 0 Å². The van der Waals surface area contributed by atoms with Gasteiger partial charge in [-0.15, -0.1) is 0 Å². The molecule has 1 saturated heterocycles. The fourth-order valence-electron chi connectivity index (χ4n) is 0.322. The van der Waals surface area contributed by atoms with Gasteiger partial charge in [0.2, 0.25) is 0 Å². The first-order valence-electron chi connectivity index (χ1n) is 1.78. The van der Waals surface area contributed by atoms with Crippen molar-refractivity contribution in [1.82, 2.24) is 0 Å². The number of hydrogen-bond donors (Lipinski definition) is 0. The van der Waals surface area contributed by atoms with E-state index in [0.717, 1.165) is 5.76 Å². The summed E-state index contributed by atoms with van der Waals surface area (Å²) < 4.78 is 9.47. The third kappa shape index (κ3) is 0.518. The van der Waals surface area contributed by atoms with Gasteiger partial charge in [0.15, 0.2) is 6.79 Å². The van der Waals surface area contributed by atoms with Crippen molar-refractivity contribution < 1.29 is 9.47 Å². The Morgan fingerprint density at radius 1 is 1.67 bits per heavy atom. The molecule has 1 fully saturated rings. The minimum Gasteiger partial charge on any atom is -0.470 e. The Labute approximate surface area is 36.4 Å². The molecule has 2 nitrogen and oxygen atoms in total. The highest BCUT2D eigenvalue weighted by molar-refractivity contribution is 4.83. The van der Waals surface area contributed by atoms with Gasteiger partial charge in [-0.3, -0.25) is 0 Å². The summed E-state index contributed by atoms with van der Waals surface area (Å²) in [6.07, 6.45) is 0. The third-order valence-corrected chi connectivity index (χ3v) is 0.609. The van der Waals surface area contributed by atoms with Gasteiger partial charge < -0.3 is 9.47 Å². The van der Waals surface area contributed by atoms with Crippen molar-refractivity contribution in [3.8, 4) is 0 Å². The maximum atomic E-state index is 4.74. The summed E-state index contributed by atoms with van der Waals surface area (Å²) in [7, 11) is 0. The lowest BCUT2D eigenvalue weighted by atomic mass is 10.6. The van der Waals surface area contributed by atoms with Crippen LogP contribution < -0.4 is 0 Å². The summed E-state index contributed by atoms with van der Waals surface area (Å²) >= 11 is 0. The SMILES string of the molecule is C=C1COCO1. The van der Waals surface area contributed by atoms with Crippen molar-refractivity contribution in [3.05, 3.63) is 12.3 Å². The van der Waals surface area contributed by atoms with E-state index in [1.807, 2.05) is 0 Å². The molecule has 0 bridgehead atoms. The summed E-state index contributed by atoms with van der Waals surface area (Å²) in [6.45, 7) is 4.46. The molecule has 0 saturated carbocycles. The Morgan fingerprint density at radius 3 is 2.67 bits per heavy atom. The van der Waals surface area contributed by atoms with Crippen LogP contribution >= 0.6 is 0 Å². The quantitative estimate of drug-likeness (QED) is 0.427. The van der Waals surface area contributed by atoms with E-state index < -0.39 is 0 Å². The van der Waals surface area contributed by atoms with Crippen molar-refractivity contribution in [2.24, 2.45) is 0 Å². The zero-order valence-electron chi connectivity index (χ0n) is 3.44. The zero-order chi connectivity index (χ0) is 4.41. The van der Waals surface area contributed by atoms with Crippen LogP contribution in [0.2, 0.25) is 0 Å². The highest BCUT2D eigenvalue weighted by Crippen LogP contribution is 2.01. The van der Waals surface area contributed by atoms with Crippen LogP contribution in [0.15, 0.2) is 12.3 Å². The Kier molecular flexibility index (Phi) is 0.801. The van der Waals surface area contributed by atoms with Crippen LogP contribution in [0, 0.1) is 0 Å². The molecule has 0 amide bonds. The second kappa shape index (κ2) is 1.30. The average molecular weight is 86.1 g/mol. The number of ether oxygens (including phenoxy) is 2. The minimum atomic E-state index is 0.388. The molecule has 1 aliphatic rings. The van der Waals surface area contributed by atoms with Gasteiger partial charge in [0.05, 0.1) is 0 Å². The first-order chi connectivity index (χ1) is 2.89. The first-order valence-corrected chi connectivity index (χ1v) is 1.78. The average Bonchev–Trinajstić information content (AvgIpc) is 1.86. The summed E-state index contributed by atoms with van der Waals surface area (Å²) in [4.78, 5) is 0. The lowest BCUT2D eigenvalue weighted by Crippen LogP contribution is -1.76. The molecular formula is C4H6O2. The summed E-state index contributed by atoms with van der Waals surface area (Å²) in [5.41, 5.74) is 0. The molecule has 0 aromatic rings. The van der Waals surface area contributed by atoms with Crippen molar-refractivity contribution in [2.45, 2.75) is 0 Å². The number of hydrogen-bond acceptors (Lipinski definition) is 2. The van der Waals surface area contributed by atoms with E-state index in [4.69, 9.17) is 9.47 Å². The molecule has 0 aromatic heterocycles. The largest absolute Gasteiger partial charge is 0.470 e. The molecule has 0 aliphatic carbocycles. The van der Waals surface area contributed by atoms with Gasteiger partial charge in [0.25, 0.3) is 0 Å². The zero-order valence-corrected chi connectivity index (χ0v) is 3.44. The molecule has 0 atom stereocenters. The smallest absolute Gasteiger partial charge is 0.189 e. The lowest BCUT2D eigenvalue weighted by molar-refractivity contribution is 0.0802. The highest BCUT2D eigenvalue weighted by atomic mass is 16.7. The molecule has 1 rings (SSSR count). The van der Waals surface area contributed by atoms with E-state index in [9.17, 15) is 0 Å². The van der Waals surface area contributed by atoms with Crippen LogP contribution in [0.4, 0.5) is 0 Å². The van der Waals surface area contributed by atoms with Crippen molar-refractivity contribution >= 4 is 0 Å². The summed E-state index contributed by atoms with van der Waals surface area (Å²) in [5, 5.41) is 0. The Morgan fingerprint density at radius 2 is 2.50 bits per heavy atom. The molecule has 2 heteroatoms. The molecule has 0 spiro atoms. The molecule has 0 N–H and O–H groups in total. The van der Waals surface area contributed by atoms with E-state index >= 15 is 0 Å². The first kappa shape index (κ1) is 3.68. The van der Waals surface area contributed by atoms with Crippen LogP contribution in [0.5, 0.6) is 0 Å². The van der Waals surface area contributed by atoms with Gasteiger partial charge in [-0.05, 0) is 0 Å². The Balaban J connectivity index is 2.37. The van der Waals surface area contributed by atoms with Crippen LogP contribution in [0.25, 0.3) is 0 Å². The standard InChI is InChI=1S/C4H6O2/c1-4-2-5-3-6-4/h1-3H2. The van der Waals surface area contributed by atoms with E-state index in [2.05, 4.69) is 6.58 Å². The molecular weight excluding hydrogens is 80.0 g/mol. The fraction of sp³-hybridized carbons (Fsp3) is 0.500. The van der Waals surface area contributed by atoms with E-state index in [1.54, 1.807) is 0 Å². The molecule has 34 valence electrons. The van der Waals surface area contributed by atoms with E-state index in [0.29, 0.717) is 13.4 Å². The van der Waals surface area contributed by atoms with E-state index in [-0.39, 0.29) is 0 Å². The van der Waals surface area contributed by atoms with E-state index in [1.165, 1.54) is 0 Å². The van der Waals surface area contributed by atoms with Gasteiger partial charge >= 0.3 is 0 Å². The normalized spacial score (nSPS) is 21.0. The molecule has 0 aromatic carbocycles. The molecule has 1 heterocycles. The van der Waals surface area contributed by atoms with Crippen molar-refractivity contribution in [3.63, 3.8) is 0 Å². The molecule has 0 radical (unpaired) electrons. The number of rotatable bonds is 0. The Bertz CT molecular complexity index is 59.9. The summed E-state index contributed by atoms with van der Waals surface area (Å²) in [5.74, 6) is 0.731. The molecule has 1 aliphatic heterocycles. The Hall–Kier alpha value is -0.500. The van der Waals surface area contributed by atoms with Gasteiger partial charge in [-0.1, -0.05) is 6.58 Å². The fourth-order valence-corrected chi connectivity index (χ4v) is 0.322. The topological polar surface area (TPSA) is 18.5 Å². The van der Waals surface area contributed by atoms with Crippen molar-refractivity contribution in [1.29, 1.82) is 0 Å². The van der Waals surface area contributed by atoms with Crippen LogP contribution in [-0.4, -0.2) is 13.4 Å². The summed E-state index contributed by atoms with van der Waals surface area (Å²) in [6, 6.07) is 0. The third-order valence-electron chi connectivity index (χ3n) is 0.609. The van der Waals surface area contributed by atoms with Crippen LogP contribution in [0.1, 0.15) is 0 Å². The minimum absolute atomic E-state index is 0.388. The second-order valence-electron chi connectivity index (χ2n) is 1.15.